The zero-order valence-corrected chi connectivity index (χ0v) is 15.8. The number of aliphatic hydroxyl groups is 1. The highest BCUT2D eigenvalue weighted by Crippen LogP contribution is 2.38. The van der Waals surface area contributed by atoms with Crippen LogP contribution >= 0.6 is 44.7 Å². The van der Waals surface area contributed by atoms with Crippen molar-refractivity contribution in [2.75, 3.05) is 16.0 Å². The predicted octanol–water partition coefficient (Wildman–Crippen LogP) is 4.59. The van der Waals surface area contributed by atoms with E-state index in [-0.39, 0.29) is 17.0 Å². The summed E-state index contributed by atoms with van der Waals surface area (Å²) < 4.78 is 0. The molecule has 0 aliphatic carbocycles. The Labute approximate surface area is 153 Å². The number of aliphatic imine (C=N–C) groups is 1. The number of hydrogen-bond donors (Lipinski definition) is 1. The molecule has 1 aliphatic heterocycles. The maximum atomic E-state index is 10.8. The molecule has 1 atom stereocenters. The zero-order chi connectivity index (χ0) is 14.7. The van der Waals surface area contributed by atoms with Crippen molar-refractivity contribution in [3.8, 4) is 0 Å². The van der Waals surface area contributed by atoms with E-state index in [0.717, 1.165) is 16.5 Å². The minimum Gasteiger partial charge on any atom is -0.369 e. The number of nitrogens with zero attached hydrogens (tertiary/aromatic N) is 2. The summed E-state index contributed by atoms with van der Waals surface area (Å²) in [5.41, 5.74) is 0.874. The third-order valence-electron chi connectivity index (χ3n) is 3.25. The first-order valence-electron chi connectivity index (χ1n) is 6.63. The summed E-state index contributed by atoms with van der Waals surface area (Å²) in [7, 11) is 0. The van der Waals surface area contributed by atoms with Crippen molar-refractivity contribution in [2.24, 2.45) is 4.99 Å². The first-order chi connectivity index (χ1) is 10.2. The van der Waals surface area contributed by atoms with Crippen LogP contribution in [0.2, 0.25) is 0 Å². The van der Waals surface area contributed by atoms with Crippen LogP contribution in [0.15, 0.2) is 65.7 Å². The topological polar surface area (TPSA) is 35.8 Å². The quantitative estimate of drug-likeness (QED) is 0.704. The molecule has 3 nitrogen and oxygen atoms in total. The molecule has 1 fully saturated rings. The van der Waals surface area contributed by atoms with Gasteiger partial charge < -0.3 is 5.11 Å². The van der Waals surface area contributed by atoms with E-state index in [1.165, 1.54) is 0 Å². The Morgan fingerprint density at radius 1 is 1.09 bits per heavy atom. The normalized spacial score (nSPS) is 22.6. The highest BCUT2D eigenvalue weighted by molar-refractivity contribution is 9.09. The van der Waals surface area contributed by atoms with Crippen molar-refractivity contribution < 1.29 is 5.11 Å². The van der Waals surface area contributed by atoms with Crippen LogP contribution in [0.4, 0.5) is 11.4 Å². The molecule has 1 unspecified atom stereocenters. The van der Waals surface area contributed by atoms with Crippen LogP contribution in [0.3, 0.4) is 0 Å². The molecule has 0 aromatic heterocycles. The molecule has 22 heavy (non-hydrogen) atoms. The van der Waals surface area contributed by atoms with Gasteiger partial charge in [0.2, 0.25) is 0 Å². The van der Waals surface area contributed by atoms with Gasteiger partial charge in [-0.2, -0.15) is 0 Å². The summed E-state index contributed by atoms with van der Waals surface area (Å²) in [6, 6.07) is 19.7. The largest absolute Gasteiger partial charge is 0.369 e. The number of amidine groups is 1. The molecule has 6 heteroatoms. The Balaban J connectivity index is 0.00000176. The van der Waals surface area contributed by atoms with Gasteiger partial charge >= 0.3 is 0 Å². The summed E-state index contributed by atoms with van der Waals surface area (Å²) >= 11 is 4.99. The highest BCUT2D eigenvalue weighted by Gasteiger charge is 2.43. The minimum atomic E-state index is -0.959. The smallest absolute Gasteiger partial charge is 0.171 e. The average Bonchev–Trinajstić information content (AvgIpc) is 2.86. The molecular formula is C16H16Br2N2OS. The van der Waals surface area contributed by atoms with Crippen molar-refractivity contribution in [3.05, 3.63) is 60.7 Å². The molecule has 2 aromatic carbocycles. The molecule has 0 spiro atoms. The van der Waals surface area contributed by atoms with Crippen molar-refractivity contribution in [3.63, 3.8) is 0 Å². The monoisotopic (exact) mass is 442 g/mol. The van der Waals surface area contributed by atoms with E-state index in [4.69, 9.17) is 0 Å². The maximum absolute atomic E-state index is 10.8. The van der Waals surface area contributed by atoms with Gasteiger partial charge in [-0.15, -0.1) is 17.0 Å². The van der Waals surface area contributed by atoms with Crippen molar-refractivity contribution in [2.45, 2.75) is 5.72 Å². The summed E-state index contributed by atoms with van der Waals surface area (Å²) in [6.45, 7) is 0. The Morgan fingerprint density at radius 2 is 1.68 bits per heavy atom. The number of benzene rings is 2. The molecule has 0 saturated carbocycles. The van der Waals surface area contributed by atoms with Gasteiger partial charge in [0.05, 0.1) is 16.8 Å². The van der Waals surface area contributed by atoms with Gasteiger partial charge in [0.25, 0.3) is 0 Å². The number of thioether (sulfide) groups is 1. The Kier molecular flexibility index (Phi) is 6.09. The second-order valence-electron chi connectivity index (χ2n) is 4.81. The molecule has 1 N–H and O–H groups in total. The fourth-order valence-corrected chi connectivity index (χ4v) is 4.09. The van der Waals surface area contributed by atoms with E-state index in [9.17, 15) is 5.11 Å². The summed E-state index contributed by atoms with van der Waals surface area (Å²) in [6.07, 6.45) is 0. The fourth-order valence-electron chi connectivity index (χ4n) is 2.21. The lowest BCUT2D eigenvalue weighted by molar-refractivity contribution is 0.106. The van der Waals surface area contributed by atoms with Crippen molar-refractivity contribution in [1.82, 2.24) is 0 Å². The summed E-state index contributed by atoms with van der Waals surface area (Å²) in [5, 5.41) is 12.1. The molecule has 116 valence electrons. The number of para-hydroxylation sites is 2. The van der Waals surface area contributed by atoms with Gasteiger partial charge in [-0.1, -0.05) is 64.1 Å². The van der Waals surface area contributed by atoms with Gasteiger partial charge in [0, 0.05) is 5.69 Å². The first-order valence-corrected chi connectivity index (χ1v) is 8.74. The SMILES string of the molecule is Br.OC1(CBr)CSC(=Nc2ccccc2)N1c1ccccc1. The maximum Gasteiger partial charge on any atom is 0.171 e. The Bertz CT molecular complexity index is 639. The number of rotatable bonds is 3. The van der Waals surface area contributed by atoms with E-state index in [1.54, 1.807) is 11.8 Å². The van der Waals surface area contributed by atoms with Gasteiger partial charge in [-0.05, 0) is 24.3 Å². The number of hydrogen-bond acceptors (Lipinski definition) is 3. The fraction of sp³-hybridized carbons (Fsp3) is 0.188. The molecule has 0 amide bonds. The minimum absolute atomic E-state index is 0. The third-order valence-corrected chi connectivity index (χ3v) is 5.29. The molecule has 2 aromatic rings. The standard InChI is InChI=1S/C16H15BrN2OS.BrH/c17-11-16(20)12-21-15(18-13-7-3-1-4-8-13)19(16)14-9-5-2-6-10-14;/h1-10,20H,11-12H2;1H. The lowest BCUT2D eigenvalue weighted by Gasteiger charge is -2.32. The van der Waals surface area contributed by atoms with E-state index in [1.807, 2.05) is 65.6 Å². The van der Waals surface area contributed by atoms with E-state index in [0.29, 0.717) is 11.1 Å². The average molecular weight is 444 g/mol. The van der Waals surface area contributed by atoms with Crippen LogP contribution in [0.5, 0.6) is 0 Å². The lowest BCUT2D eigenvalue weighted by atomic mass is 10.2. The second kappa shape index (κ2) is 7.64. The second-order valence-corrected chi connectivity index (χ2v) is 6.31. The van der Waals surface area contributed by atoms with Crippen LogP contribution in [-0.2, 0) is 0 Å². The highest BCUT2D eigenvalue weighted by atomic mass is 79.9. The Hall–Kier alpha value is -0.820. The Morgan fingerprint density at radius 3 is 2.27 bits per heavy atom. The molecule has 1 heterocycles. The molecule has 1 saturated heterocycles. The van der Waals surface area contributed by atoms with E-state index >= 15 is 0 Å². The first kappa shape index (κ1) is 17.5. The van der Waals surface area contributed by atoms with Crippen molar-refractivity contribution in [1.29, 1.82) is 0 Å². The van der Waals surface area contributed by atoms with Gasteiger partial charge in [-0.25, -0.2) is 4.99 Å². The lowest BCUT2D eigenvalue weighted by Crippen LogP contribution is -2.49. The number of anilines is 1. The summed E-state index contributed by atoms with van der Waals surface area (Å²) in [5.74, 6) is 0.582. The van der Waals surface area contributed by atoms with Gasteiger partial charge in [-0.3, -0.25) is 4.90 Å². The number of alkyl halides is 1. The molecule has 0 radical (unpaired) electrons. The van der Waals surface area contributed by atoms with Crippen LogP contribution in [0.25, 0.3) is 0 Å². The molecule has 1 aliphatic rings. The third kappa shape index (κ3) is 3.56. The van der Waals surface area contributed by atoms with Crippen LogP contribution in [-0.4, -0.2) is 27.1 Å². The predicted molar refractivity (Wildman–Crippen MR) is 104 cm³/mol. The zero-order valence-electron chi connectivity index (χ0n) is 11.7. The van der Waals surface area contributed by atoms with Gasteiger partial charge in [0.1, 0.15) is 0 Å². The van der Waals surface area contributed by atoms with E-state index in [2.05, 4.69) is 20.9 Å². The van der Waals surface area contributed by atoms with Crippen molar-refractivity contribution >= 4 is 61.2 Å². The molecular weight excluding hydrogens is 428 g/mol. The van der Waals surface area contributed by atoms with E-state index < -0.39 is 5.72 Å². The number of halogens is 2. The molecule has 0 bridgehead atoms. The molecule has 3 rings (SSSR count). The van der Waals surface area contributed by atoms with Gasteiger partial charge in [0.15, 0.2) is 10.9 Å². The van der Waals surface area contributed by atoms with Crippen LogP contribution in [0, 0.1) is 0 Å². The summed E-state index contributed by atoms with van der Waals surface area (Å²) in [4.78, 5) is 6.59. The van der Waals surface area contributed by atoms with Crippen LogP contribution < -0.4 is 4.90 Å². The van der Waals surface area contributed by atoms with Crippen LogP contribution in [0.1, 0.15) is 0 Å².